The summed E-state index contributed by atoms with van der Waals surface area (Å²) in [6, 6.07) is 18.0. The first-order valence-corrected chi connectivity index (χ1v) is 13.8. The number of carbonyl (C=O) groups is 2. The first-order chi connectivity index (χ1) is 17.9. The fraction of sp³-hybridized carbons (Fsp3) is 0.310. The molecule has 0 heterocycles. The van der Waals surface area contributed by atoms with Gasteiger partial charge in [-0.2, -0.15) is 0 Å². The van der Waals surface area contributed by atoms with Gasteiger partial charge < -0.3 is 10.2 Å². The molecule has 3 aromatic rings. The molecule has 0 aliphatic carbocycles. The fourth-order valence-electron chi connectivity index (χ4n) is 4.02. The first kappa shape index (κ1) is 28.8. The SMILES string of the molecule is Cc1ccc(C)c(N(CC(=O)N(Cc2ccccc2F)[C@H](C)C(=O)NC(C)C)S(=O)(=O)c2ccccc2)c1. The zero-order valence-corrected chi connectivity index (χ0v) is 23.1. The number of amides is 2. The Balaban J connectivity index is 2.08. The summed E-state index contributed by atoms with van der Waals surface area (Å²) in [7, 11) is -4.16. The van der Waals surface area contributed by atoms with Crippen LogP contribution in [0.5, 0.6) is 0 Å². The van der Waals surface area contributed by atoms with Crippen LogP contribution in [0.1, 0.15) is 37.5 Å². The second-order valence-corrected chi connectivity index (χ2v) is 11.4. The molecule has 0 unspecified atom stereocenters. The Morgan fingerprint density at radius 1 is 0.921 bits per heavy atom. The smallest absolute Gasteiger partial charge is 0.264 e. The van der Waals surface area contributed by atoms with Crippen molar-refractivity contribution in [2.45, 2.75) is 58.1 Å². The number of hydrogen-bond acceptors (Lipinski definition) is 4. The summed E-state index contributed by atoms with van der Waals surface area (Å²) in [6.45, 7) is 7.96. The minimum atomic E-state index is -4.16. The van der Waals surface area contributed by atoms with Crippen molar-refractivity contribution in [3.05, 3.63) is 95.3 Å². The van der Waals surface area contributed by atoms with Crippen molar-refractivity contribution in [1.82, 2.24) is 10.2 Å². The van der Waals surface area contributed by atoms with Crippen molar-refractivity contribution >= 4 is 27.5 Å². The lowest BCUT2D eigenvalue weighted by molar-refractivity contribution is -0.139. The average Bonchev–Trinajstić information content (AvgIpc) is 2.88. The van der Waals surface area contributed by atoms with Gasteiger partial charge in [0.1, 0.15) is 18.4 Å². The van der Waals surface area contributed by atoms with Gasteiger partial charge in [-0.3, -0.25) is 13.9 Å². The number of benzene rings is 3. The third-order valence-electron chi connectivity index (χ3n) is 6.14. The molecule has 0 aliphatic heterocycles. The molecule has 0 aromatic heterocycles. The maximum Gasteiger partial charge on any atom is 0.264 e. The lowest BCUT2D eigenvalue weighted by Gasteiger charge is -2.33. The van der Waals surface area contributed by atoms with Gasteiger partial charge in [0.05, 0.1) is 10.6 Å². The van der Waals surface area contributed by atoms with Crippen molar-refractivity contribution in [3.8, 4) is 0 Å². The Morgan fingerprint density at radius 2 is 1.55 bits per heavy atom. The quantitative estimate of drug-likeness (QED) is 0.409. The lowest BCUT2D eigenvalue weighted by atomic mass is 10.1. The van der Waals surface area contributed by atoms with Gasteiger partial charge in [-0.1, -0.05) is 48.5 Å². The number of sulfonamides is 1. The standard InChI is InChI=1S/C29H34FN3O4S/c1-20(2)31-29(35)23(5)32(18-24-11-9-10-14-26(24)30)28(34)19-33(27-17-21(3)15-16-22(27)4)38(36,37)25-12-7-6-8-13-25/h6-17,20,23H,18-19H2,1-5H3,(H,31,35)/t23-/m1/s1. The summed E-state index contributed by atoms with van der Waals surface area (Å²) in [6.07, 6.45) is 0. The second kappa shape index (κ2) is 12.2. The number of aryl methyl sites for hydroxylation is 2. The highest BCUT2D eigenvalue weighted by Gasteiger charge is 2.33. The Labute approximate surface area is 224 Å². The van der Waals surface area contributed by atoms with Gasteiger partial charge in [-0.05, 0) is 70.0 Å². The summed E-state index contributed by atoms with van der Waals surface area (Å²) >= 11 is 0. The summed E-state index contributed by atoms with van der Waals surface area (Å²) < 4.78 is 43.3. The summed E-state index contributed by atoms with van der Waals surface area (Å²) in [5.74, 6) is -1.58. The molecule has 0 saturated carbocycles. The van der Waals surface area contributed by atoms with Crippen molar-refractivity contribution in [2.75, 3.05) is 10.8 Å². The number of rotatable bonds is 10. The molecule has 3 rings (SSSR count). The highest BCUT2D eigenvalue weighted by Crippen LogP contribution is 2.28. The number of halogens is 1. The zero-order chi connectivity index (χ0) is 28.0. The minimum Gasteiger partial charge on any atom is -0.352 e. The third kappa shape index (κ3) is 6.77. The van der Waals surface area contributed by atoms with E-state index in [-0.39, 0.29) is 23.0 Å². The van der Waals surface area contributed by atoms with Gasteiger partial charge in [0.15, 0.2) is 0 Å². The third-order valence-corrected chi connectivity index (χ3v) is 7.91. The second-order valence-electron chi connectivity index (χ2n) is 9.57. The molecule has 0 aliphatic rings. The summed E-state index contributed by atoms with van der Waals surface area (Å²) in [5, 5.41) is 2.78. The minimum absolute atomic E-state index is 0.0277. The molecular weight excluding hydrogens is 505 g/mol. The van der Waals surface area contributed by atoms with Crippen LogP contribution in [-0.2, 0) is 26.2 Å². The molecule has 7 nitrogen and oxygen atoms in total. The van der Waals surface area contributed by atoms with Crippen LogP contribution in [0.25, 0.3) is 0 Å². The molecule has 0 bridgehead atoms. The molecule has 0 radical (unpaired) electrons. The Hall–Kier alpha value is -3.72. The molecule has 0 fully saturated rings. The van der Waals surface area contributed by atoms with Crippen LogP contribution < -0.4 is 9.62 Å². The van der Waals surface area contributed by atoms with Crippen LogP contribution in [0.2, 0.25) is 0 Å². The predicted molar refractivity (Wildman–Crippen MR) is 147 cm³/mol. The first-order valence-electron chi connectivity index (χ1n) is 12.4. The van der Waals surface area contributed by atoms with Gasteiger partial charge >= 0.3 is 0 Å². The van der Waals surface area contributed by atoms with Crippen LogP contribution in [-0.4, -0.2) is 43.8 Å². The van der Waals surface area contributed by atoms with Crippen LogP contribution in [0.3, 0.4) is 0 Å². The van der Waals surface area contributed by atoms with Crippen LogP contribution in [0.15, 0.2) is 77.7 Å². The van der Waals surface area contributed by atoms with Gasteiger partial charge in [-0.25, -0.2) is 12.8 Å². The van der Waals surface area contributed by atoms with Crippen molar-refractivity contribution in [2.24, 2.45) is 0 Å². The number of hydrogen-bond donors (Lipinski definition) is 1. The molecule has 1 N–H and O–H groups in total. The van der Waals surface area contributed by atoms with E-state index >= 15 is 0 Å². The van der Waals surface area contributed by atoms with Crippen molar-refractivity contribution in [1.29, 1.82) is 0 Å². The lowest BCUT2D eigenvalue weighted by Crippen LogP contribution is -2.52. The van der Waals surface area contributed by atoms with Crippen molar-refractivity contribution in [3.63, 3.8) is 0 Å². The van der Waals surface area contributed by atoms with Gasteiger partial charge in [0.2, 0.25) is 11.8 Å². The maximum absolute atomic E-state index is 14.6. The van der Waals surface area contributed by atoms with E-state index in [1.165, 1.54) is 35.2 Å². The Kier molecular flexibility index (Phi) is 9.27. The molecule has 3 aromatic carbocycles. The molecule has 0 spiro atoms. The predicted octanol–water partition coefficient (Wildman–Crippen LogP) is 4.58. The van der Waals surface area contributed by atoms with E-state index in [0.29, 0.717) is 11.3 Å². The molecular formula is C29H34FN3O4S. The van der Waals surface area contributed by atoms with E-state index in [1.54, 1.807) is 64.1 Å². The molecule has 9 heteroatoms. The molecule has 0 saturated heterocycles. The van der Waals surface area contributed by atoms with E-state index < -0.39 is 40.2 Å². The number of anilines is 1. The molecule has 1 atom stereocenters. The van der Waals surface area contributed by atoms with Crippen molar-refractivity contribution < 1.29 is 22.4 Å². The number of nitrogens with one attached hydrogen (secondary N) is 1. The van der Waals surface area contributed by atoms with Gasteiger partial charge in [0.25, 0.3) is 10.0 Å². The number of nitrogens with zero attached hydrogens (tertiary/aromatic N) is 2. The normalized spacial score (nSPS) is 12.2. The summed E-state index contributed by atoms with van der Waals surface area (Å²) in [5.41, 5.74) is 2.05. The summed E-state index contributed by atoms with van der Waals surface area (Å²) in [4.78, 5) is 28.0. The van der Waals surface area contributed by atoms with Gasteiger partial charge in [0, 0.05) is 18.2 Å². The molecule has 2 amide bonds. The van der Waals surface area contributed by atoms with E-state index in [0.717, 1.165) is 9.87 Å². The van der Waals surface area contributed by atoms with E-state index in [4.69, 9.17) is 0 Å². The highest BCUT2D eigenvalue weighted by atomic mass is 32.2. The Morgan fingerprint density at radius 3 is 2.18 bits per heavy atom. The average molecular weight is 540 g/mol. The molecule has 202 valence electrons. The van der Waals surface area contributed by atoms with Gasteiger partial charge in [-0.15, -0.1) is 0 Å². The van der Waals surface area contributed by atoms with E-state index in [2.05, 4.69) is 5.32 Å². The highest BCUT2D eigenvalue weighted by molar-refractivity contribution is 7.92. The fourth-order valence-corrected chi connectivity index (χ4v) is 5.51. The van der Waals surface area contributed by atoms with E-state index in [1.807, 2.05) is 13.0 Å². The van der Waals surface area contributed by atoms with Crippen LogP contribution in [0, 0.1) is 19.7 Å². The zero-order valence-electron chi connectivity index (χ0n) is 22.3. The van der Waals surface area contributed by atoms with E-state index in [9.17, 15) is 22.4 Å². The Bertz CT molecular complexity index is 1390. The largest absolute Gasteiger partial charge is 0.352 e. The van der Waals surface area contributed by atoms with Crippen LogP contribution in [0.4, 0.5) is 10.1 Å². The molecule has 38 heavy (non-hydrogen) atoms. The number of carbonyl (C=O) groups excluding carboxylic acids is 2. The topological polar surface area (TPSA) is 86.8 Å². The maximum atomic E-state index is 14.6. The van der Waals surface area contributed by atoms with Crippen LogP contribution >= 0.6 is 0 Å². The monoisotopic (exact) mass is 539 g/mol.